The lowest BCUT2D eigenvalue weighted by Gasteiger charge is -2.35. The molecule has 0 fully saturated rings. The molecule has 1 aliphatic heterocycles. The average molecular weight is 306 g/mol. The van der Waals surface area contributed by atoms with Crippen LogP contribution >= 0.6 is 0 Å². The van der Waals surface area contributed by atoms with Crippen LogP contribution in [0.3, 0.4) is 0 Å². The van der Waals surface area contributed by atoms with Gasteiger partial charge in [-0.15, -0.1) is 0 Å². The second kappa shape index (κ2) is 5.43. The number of carbonyl (C=O) groups is 1. The molecule has 3 heterocycles. The van der Waals surface area contributed by atoms with Crippen molar-refractivity contribution in [2.75, 3.05) is 6.54 Å². The number of hydrogen-bond acceptors (Lipinski definition) is 2. The third kappa shape index (κ3) is 2.34. The molecule has 0 saturated carbocycles. The molecule has 5 heteroatoms. The van der Waals surface area contributed by atoms with E-state index in [1.54, 1.807) is 12.5 Å². The van der Waals surface area contributed by atoms with Gasteiger partial charge >= 0.3 is 0 Å². The fourth-order valence-corrected chi connectivity index (χ4v) is 3.23. The number of nitrogens with zero attached hydrogens (tertiary/aromatic N) is 4. The smallest absolute Gasteiger partial charge is 0.254 e. The largest absolute Gasteiger partial charge is 0.348 e. The Morgan fingerprint density at radius 2 is 2.09 bits per heavy atom. The minimum absolute atomic E-state index is 0.0758. The van der Waals surface area contributed by atoms with Gasteiger partial charge in [0.15, 0.2) is 0 Å². The van der Waals surface area contributed by atoms with Gasteiger partial charge in [0.2, 0.25) is 0 Å². The summed E-state index contributed by atoms with van der Waals surface area (Å²) in [6.45, 7) is 3.67. The molecule has 1 aromatic carbocycles. The Kier molecular flexibility index (Phi) is 3.26. The first-order valence-electron chi connectivity index (χ1n) is 7.78. The molecular weight excluding hydrogens is 288 g/mol. The van der Waals surface area contributed by atoms with Crippen molar-refractivity contribution in [2.45, 2.75) is 19.5 Å². The molecule has 3 aromatic rings. The first-order valence-corrected chi connectivity index (χ1v) is 7.78. The first-order chi connectivity index (χ1) is 11.2. The van der Waals surface area contributed by atoms with Gasteiger partial charge in [0.05, 0.1) is 12.4 Å². The van der Waals surface area contributed by atoms with Crippen LogP contribution in [-0.4, -0.2) is 31.5 Å². The van der Waals surface area contributed by atoms with Crippen LogP contribution in [0.5, 0.6) is 0 Å². The Bertz CT molecular complexity index is 834. The molecule has 5 nitrogen and oxygen atoms in total. The van der Waals surface area contributed by atoms with E-state index in [2.05, 4.69) is 28.7 Å². The summed E-state index contributed by atoms with van der Waals surface area (Å²) in [5.74, 6) is 0.0758. The third-order valence-corrected chi connectivity index (χ3v) is 4.50. The van der Waals surface area contributed by atoms with Gasteiger partial charge in [-0.1, -0.05) is 6.07 Å². The predicted octanol–water partition coefficient (Wildman–Crippen LogP) is 2.89. The first kappa shape index (κ1) is 13.8. The summed E-state index contributed by atoms with van der Waals surface area (Å²) in [4.78, 5) is 19.0. The Morgan fingerprint density at radius 1 is 1.17 bits per heavy atom. The fraction of sp³-hybridized carbons (Fsp3) is 0.222. The summed E-state index contributed by atoms with van der Waals surface area (Å²) in [7, 11) is 0. The highest BCUT2D eigenvalue weighted by Gasteiger charge is 2.28. The van der Waals surface area contributed by atoms with Gasteiger partial charge in [-0.05, 0) is 37.3 Å². The second-order valence-electron chi connectivity index (χ2n) is 5.82. The van der Waals surface area contributed by atoms with Crippen LogP contribution in [-0.2, 0) is 6.54 Å². The number of imidazole rings is 1. The molecule has 116 valence electrons. The zero-order valence-corrected chi connectivity index (χ0v) is 13.0. The molecule has 0 radical (unpaired) electrons. The molecule has 0 saturated heterocycles. The zero-order valence-electron chi connectivity index (χ0n) is 13.0. The summed E-state index contributed by atoms with van der Waals surface area (Å²) in [5, 5.41) is 0. The van der Waals surface area contributed by atoms with Crippen molar-refractivity contribution >= 4 is 5.91 Å². The van der Waals surface area contributed by atoms with Crippen molar-refractivity contribution in [3.63, 3.8) is 0 Å². The lowest BCUT2D eigenvalue weighted by molar-refractivity contribution is 0.0644. The van der Waals surface area contributed by atoms with Gasteiger partial charge in [-0.2, -0.15) is 0 Å². The van der Waals surface area contributed by atoms with Crippen LogP contribution in [0, 0.1) is 0 Å². The molecule has 0 unspecified atom stereocenters. The molecule has 4 rings (SSSR count). The van der Waals surface area contributed by atoms with Crippen molar-refractivity contribution < 1.29 is 4.79 Å². The van der Waals surface area contributed by atoms with E-state index in [9.17, 15) is 4.79 Å². The van der Waals surface area contributed by atoms with Crippen LogP contribution in [0.15, 0.2) is 61.3 Å². The van der Waals surface area contributed by atoms with Gasteiger partial charge in [0, 0.05) is 48.6 Å². The zero-order chi connectivity index (χ0) is 15.8. The van der Waals surface area contributed by atoms with Gasteiger partial charge in [-0.25, -0.2) is 4.98 Å². The number of rotatable bonds is 2. The van der Waals surface area contributed by atoms with E-state index in [1.807, 2.05) is 46.0 Å². The van der Waals surface area contributed by atoms with Crippen LogP contribution < -0.4 is 0 Å². The molecule has 2 aromatic heterocycles. The Labute approximate surface area is 134 Å². The minimum Gasteiger partial charge on any atom is -0.348 e. The normalized spacial score (nSPS) is 17.1. The number of aromatic nitrogens is 3. The van der Waals surface area contributed by atoms with Crippen molar-refractivity contribution in [3.8, 4) is 5.69 Å². The molecule has 0 N–H and O–H groups in total. The molecular formula is C18H18N4O. The Hall–Kier alpha value is -2.82. The summed E-state index contributed by atoms with van der Waals surface area (Å²) in [6, 6.07) is 11.9. The molecule has 0 aliphatic carbocycles. The quantitative estimate of drug-likeness (QED) is 0.730. The maximum atomic E-state index is 13.0. The maximum Gasteiger partial charge on any atom is 0.254 e. The van der Waals surface area contributed by atoms with Gasteiger partial charge in [0.1, 0.15) is 0 Å². The Balaban J connectivity index is 1.64. The average Bonchev–Trinajstić information content (AvgIpc) is 3.26. The summed E-state index contributed by atoms with van der Waals surface area (Å²) >= 11 is 0. The standard InChI is InChI=1S/C18H18N4O/c1-14-17-6-3-8-20(17)10-11-22(14)18(23)15-4-2-5-16(12-15)21-9-7-19-13-21/h2-9,12-14H,10-11H2,1H3/t14-/m0/s1. The molecule has 1 aliphatic rings. The molecule has 0 bridgehead atoms. The monoisotopic (exact) mass is 306 g/mol. The number of carbonyl (C=O) groups excluding carboxylic acids is 1. The minimum atomic E-state index is 0.0758. The number of amides is 1. The number of hydrogen-bond donors (Lipinski definition) is 0. The van der Waals surface area contributed by atoms with Gasteiger partial charge < -0.3 is 14.0 Å². The highest BCUT2D eigenvalue weighted by atomic mass is 16.2. The van der Waals surface area contributed by atoms with Crippen LogP contribution in [0.4, 0.5) is 0 Å². The van der Waals surface area contributed by atoms with Gasteiger partial charge in [-0.3, -0.25) is 4.79 Å². The van der Waals surface area contributed by atoms with Gasteiger partial charge in [0.25, 0.3) is 5.91 Å². The summed E-state index contributed by atoms with van der Waals surface area (Å²) in [6.07, 6.45) is 7.42. The predicted molar refractivity (Wildman–Crippen MR) is 87.4 cm³/mol. The van der Waals surface area contributed by atoms with E-state index in [1.165, 1.54) is 5.69 Å². The number of benzene rings is 1. The fourth-order valence-electron chi connectivity index (χ4n) is 3.23. The van der Waals surface area contributed by atoms with Crippen molar-refractivity contribution in [1.82, 2.24) is 19.0 Å². The van der Waals surface area contributed by atoms with E-state index in [-0.39, 0.29) is 11.9 Å². The maximum absolute atomic E-state index is 13.0. The van der Waals surface area contributed by atoms with E-state index < -0.39 is 0 Å². The van der Waals surface area contributed by atoms with Crippen LogP contribution in [0.1, 0.15) is 29.0 Å². The van der Waals surface area contributed by atoms with Crippen LogP contribution in [0.2, 0.25) is 0 Å². The van der Waals surface area contributed by atoms with E-state index in [4.69, 9.17) is 0 Å². The lowest BCUT2D eigenvalue weighted by atomic mass is 10.1. The second-order valence-corrected chi connectivity index (χ2v) is 5.82. The van der Waals surface area contributed by atoms with Crippen molar-refractivity contribution in [2.24, 2.45) is 0 Å². The molecule has 1 amide bonds. The summed E-state index contributed by atoms with van der Waals surface area (Å²) < 4.78 is 4.12. The van der Waals surface area contributed by atoms with E-state index in [0.717, 1.165) is 18.8 Å². The van der Waals surface area contributed by atoms with E-state index in [0.29, 0.717) is 5.56 Å². The van der Waals surface area contributed by atoms with E-state index >= 15 is 0 Å². The number of fused-ring (bicyclic) bond motifs is 1. The summed E-state index contributed by atoms with van der Waals surface area (Å²) in [5.41, 5.74) is 2.85. The van der Waals surface area contributed by atoms with Crippen molar-refractivity contribution in [1.29, 1.82) is 0 Å². The molecule has 0 spiro atoms. The highest BCUT2D eigenvalue weighted by Crippen LogP contribution is 2.27. The molecule has 23 heavy (non-hydrogen) atoms. The topological polar surface area (TPSA) is 43.1 Å². The molecule has 1 atom stereocenters. The third-order valence-electron chi connectivity index (χ3n) is 4.50. The van der Waals surface area contributed by atoms with Crippen LogP contribution in [0.25, 0.3) is 5.69 Å². The highest BCUT2D eigenvalue weighted by molar-refractivity contribution is 5.95. The SMILES string of the molecule is C[C@H]1c2cccn2CCN1C(=O)c1cccc(-n2ccnc2)c1. The lowest BCUT2D eigenvalue weighted by Crippen LogP contribution is -2.40. The Morgan fingerprint density at radius 3 is 2.91 bits per heavy atom. The van der Waals surface area contributed by atoms with Crippen molar-refractivity contribution in [3.05, 3.63) is 72.6 Å².